The van der Waals surface area contributed by atoms with Crippen LogP contribution >= 0.6 is 0 Å². The molecular weight excluding hydrogens is 314 g/mol. The van der Waals surface area contributed by atoms with Crippen LogP contribution in [0.2, 0.25) is 0 Å². The van der Waals surface area contributed by atoms with Crippen LogP contribution in [-0.4, -0.2) is 59.9 Å². The average molecular weight is 341 g/mol. The van der Waals surface area contributed by atoms with Crippen LogP contribution in [-0.2, 0) is 16.0 Å². The van der Waals surface area contributed by atoms with Crippen molar-refractivity contribution in [2.75, 3.05) is 32.7 Å². The first-order valence-electron chi connectivity index (χ1n) is 8.73. The maximum Gasteiger partial charge on any atom is 0.224 e. The normalized spacial score (nSPS) is 15.5. The van der Waals surface area contributed by atoms with Gasteiger partial charge in [-0.1, -0.05) is 36.3 Å². The lowest BCUT2D eigenvalue weighted by Crippen LogP contribution is -2.55. The molecule has 0 saturated carbocycles. The van der Waals surface area contributed by atoms with E-state index in [1.54, 1.807) is 0 Å². The molecule has 0 atom stereocenters. The van der Waals surface area contributed by atoms with E-state index in [9.17, 15) is 9.59 Å². The highest BCUT2D eigenvalue weighted by molar-refractivity contribution is 5.80. The zero-order chi connectivity index (χ0) is 18.3. The second-order valence-corrected chi connectivity index (χ2v) is 6.83. The van der Waals surface area contributed by atoms with Crippen molar-refractivity contribution in [2.24, 2.45) is 0 Å². The Morgan fingerprint density at radius 1 is 1.16 bits per heavy atom. The fourth-order valence-corrected chi connectivity index (χ4v) is 2.92. The third kappa shape index (κ3) is 5.61. The van der Waals surface area contributed by atoms with Crippen LogP contribution in [0.3, 0.4) is 0 Å². The van der Waals surface area contributed by atoms with Crippen molar-refractivity contribution in [3.8, 4) is 12.3 Å². The van der Waals surface area contributed by atoms with Crippen LogP contribution in [0.5, 0.6) is 0 Å². The Bertz CT molecular complexity index is 626. The molecule has 0 aromatic heterocycles. The third-order valence-corrected chi connectivity index (χ3v) is 4.64. The topological polar surface area (TPSA) is 52.6 Å². The van der Waals surface area contributed by atoms with E-state index in [1.165, 1.54) is 0 Å². The highest BCUT2D eigenvalue weighted by atomic mass is 16.2. The van der Waals surface area contributed by atoms with Gasteiger partial charge in [-0.25, -0.2) is 0 Å². The van der Waals surface area contributed by atoms with E-state index in [0.717, 1.165) is 18.7 Å². The van der Waals surface area contributed by atoms with E-state index >= 15 is 0 Å². The number of benzene rings is 1. The molecule has 1 aliphatic heterocycles. The van der Waals surface area contributed by atoms with Crippen molar-refractivity contribution < 1.29 is 9.59 Å². The Hall–Kier alpha value is -2.32. The summed E-state index contributed by atoms with van der Waals surface area (Å²) in [5, 5.41) is 2.82. The molecule has 1 saturated heterocycles. The molecule has 0 bridgehead atoms. The van der Waals surface area contributed by atoms with Gasteiger partial charge in [0.2, 0.25) is 11.8 Å². The zero-order valence-electron chi connectivity index (χ0n) is 15.1. The summed E-state index contributed by atoms with van der Waals surface area (Å²) < 4.78 is 0. The van der Waals surface area contributed by atoms with Gasteiger partial charge in [-0.2, -0.15) is 0 Å². The molecule has 2 amide bonds. The zero-order valence-corrected chi connectivity index (χ0v) is 15.1. The van der Waals surface area contributed by atoms with Crippen molar-refractivity contribution in [3.05, 3.63) is 35.9 Å². The molecule has 0 spiro atoms. The molecule has 2 rings (SSSR count). The minimum Gasteiger partial charge on any atom is -0.355 e. The van der Waals surface area contributed by atoms with E-state index in [0.29, 0.717) is 32.5 Å². The van der Waals surface area contributed by atoms with Crippen molar-refractivity contribution >= 4 is 11.8 Å². The fourth-order valence-electron chi connectivity index (χ4n) is 2.92. The van der Waals surface area contributed by atoms with Crippen LogP contribution in [0, 0.1) is 12.3 Å². The van der Waals surface area contributed by atoms with Gasteiger partial charge in [0.1, 0.15) is 0 Å². The highest BCUT2D eigenvalue weighted by Gasteiger charge is 2.29. The molecule has 1 aromatic carbocycles. The number of hydrogen-bond acceptors (Lipinski definition) is 3. The van der Waals surface area contributed by atoms with Gasteiger partial charge in [0.15, 0.2) is 0 Å². The standard InChI is InChI=1S/C20H27N3O2/c1-4-20(2,3)23-14-12-22(13-15-23)19(25)10-11-21-18(24)16-17-8-6-5-7-9-17/h1,5-9H,10-16H2,2-3H3,(H,21,24). The number of nitrogens with one attached hydrogen (secondary N) is 1. The first-order valence-corrected chi connectivity index (χ1v) is 8.73. The molecule has 5 nitrogen and oxygen atoms in total. The molecule has 1 heterocycles. The van der Waals surface area contributed by atoms with Gasteiger partial charge in [0.25, 0.3) is 0 Å². The largest absolute Gasteiger partial charge is 0.355 e. The molecule has 1 aromatic rings. The van der Waals surface area contributed by atoms with E-state index in [1.807, 2.05) is 49.1 Å². The number of rotatable bonds is 6. The molecular formula is C20H27N3O2. The number of carbonyl (C=O) groups excluding carboxylic acids is 2. The van der Waals surface area contributed by atoms with Crippen LogP contribution in [0.1, 0.15) is 25.8 Å². The summed E-state index contributed by atoms with van der Waals surface area (Å²) in [7, 11) is 0. The van der Waals surface area contributed by atoms with Crippen molar-refractivity contribution in [1.29, 1.82) is 0 Å². The smallest absolute Gasteiger partial charge is 0.224 e. The van der Waals surface area contributed by atoms with Gasteiger partial charge in [-0.15, -0.1) is 6.42 Å². The third-order valence-electron chi connectivity index (χ3n) is 4.64. The van der Waals surface area contributed by atoms with E-state index < -0.39 is 0 Å². The van der Waals surface area contributed by atoms with E-state index in [-0.39, 0.29) is 17.4 Å². The van der Waals surface area contributed by atoms with Crippen LogP contribution in [0.4, 0.5) is 0 Å². The number of piperazine rings is 1. The second kappa shape index (κ2) is 8.68. The lowest BCUT2D eigenvalue weighted by atomic mass is 10.0. The number of terminal acetylenes is 1. The van der Waals surface area contributed by atoms with Gasteiger partial charge in [-0.05, 0) is 19.4 Å². The molecule has 0 unspecified atom stereocenters. The van der Waals surface area contributed by atoms with Gasteiger partial charge < -0.3 is 10.2 Å². The summed E-state index contributed by atoms with van der Waals surface area (Å²) in [6.07, 6.45) is 6.24. The van der Waals surface area contributed by atoms with E-state index in [4.69, 9.17) is 6.42 Å². The Morgan fingerprint density at radius 2 is 1.80 bits per heavy atom. The summed E-state index contributed by atoms with van der Waals surface area (Å²) in [4.78, 5) is 28.2. The minimum atomic E-state index is -0.277. The summed E-state index contributed by atoms with van der Waals surface area (Å²) in [5.41, 5.74) is 0.694. The molecule has 1 aliphatic rings. The second-order valence-electron chi connectivity index (χ2n) is 6.83. The van der Waals surface area contributed by atoms with Crippen LogP contribution in [0.25, 0.3) is 0 Å². The van der Waals surface area contributed by atoms with Gasteiger partial charge in [0.05, 0.1) is 12.0 Å². The quantitative estimate of drug-likeness (QED) is 0.794. The molecule has 0 radical (unpaired) electrons. The number of hydrogen-bond donors (Lipinski definition) is 1. The molecule has 1 N–H and O–H groups in total. The Balaban J connectivity index is 1.68. The molecule has 25 heavy (non-hydrogen) atoms. The summed E-state index contributed by atoms with van der Waals surface area (Å²) in [5.74, 6) is 2.82. The molecule has 0 aliphatic carbocycles. The van der Waals surface area contributed by atoms with E-state index in [2.05, 4.69) is 16.1 Å². The predicted molar refractivity (Wildman–Crippen MR) is 98.8 cm³/mol. The van der Waals surface area contributed by atoms with Crippen molar-refractivity contribution in [3.63, 3.8) is 0 Å². The summed E-state index contributed by atoms with van der Waals surface area (Å²) in [6, 6.07) is 9.58. The number of amides is 2. The minimum absolute atomic E-state index is 0.0559. The molecule has 1 fully saturated rings. The number of carbonyl (C=O) groups is 2. The fraction of sp³-hybridized carbons (Fsp3) is 0.500. The molecule has 134 valence electrons. The predicted octanol–water partition coefficient (Wildman–Crippen LogP) is 1.29. The van der Waals surface area contributed by atoms with Gasteiger partial charge in [0, 0.05) is 39.1 Å². The lowest BCUT2D eigenvalue weighted by molar-refractivity contribution is -0.133. The first-order chi connectivity index (χ1) is 11.9. The first kappa shape index (κ1) is 19.0. The Labute approximate surface area is 150 Å². The highest BCUT2D eigenvalue weighted by Crippen LogP contribution is 2.16. The molecule has 5 heteroatoms. The monoisotopic (exact) mass is 341 g/mol. The maximum atomic E-state index is 12.3. The van der Waals surface area contributed by atoms with Crippen molar-refractivity contribution in [2.45, 2.75) is 32.2 Å². The van der Waals surface area contributed by atoms with Crippen LogP contribution in [0.15, 0.2) is 30.3 Å². The van der Waals surface area contributed by atoms with Crippen molar-refractivity contribution in [1.82, 2.24) is 15.1 Å². The van der Waals surface area contributed by atoms with Gasteiger partial charge in [-0.3, -0.25) is 14.5 Å². The number of nitrogens with zero attached hydrogens (tertiary/aromatic N) is 2. The Kier molecular flexibility index (Phi) is 6.60. The maximum absolute atomic E-state index is 12.3. The average Bonchev–Trinajstić information content (AvgIpc) is 2.62. The summed E-state index contributed by atoms with van der Waals surface area (Å²) >= 11 is 0. The lowest BCUT2D eigenvalue weighted by Gasteiger charge is -2.41. The van der Waals surface area contributed by atoms with Gasteiger partial charge >= 0.3 is 0 Å². The summed E-state index contributed by atoms with van der Waals surface area (Å²) in [6.45, 7) is 7.34. The Morgan fingerprint density at radius 3 is 2.40 bits per heavy atom. The SMILES string of the molecule is C#CC(C)(C)N1CCN(C(=O)CCNC(=O)Cc2ccccc2)CC1. The van der Waals surface area contributed by atoms with Crippen LogP contribution < -0.4 is 5.32 Å².